The van der Waals surface area contributed by atoms with Crippen molar-refractivity contribution in [1.29, 1.82) is 0 Å². The molecule has 0 aliphatic carbocycles. The molecule has 1 aromatic carbocycles. The summed E-state index contributed by atoms with van der Waals surface area (Å²) in [6, 6.07) is 12.5. The number of piperidine rings is 1. The predicted molar refractivity (Wildman–Crippen MR) is 125 cm³/mol. The van der Waals surface area contributed by atoms with Gasteiger partial charge in [-0.3, -0.25) is 14.6 Å². The first-order chi connectivity index (χ1) is 16.4. The fourth-order valence-corrected chi connectivity index (χ4v) is 5.75. The molecule has 182 valence electrons. The van der Waals surface area contributed by atoms with Crippen LogP contribution >= 0.6 is 0 Å². The van der Waals surface area contributed by atoms with Gasteiger partial charge in [0.2, 0.25) is 21.8 Å². The average Bonchev–Trinajstić information content (AvgIpc) is 2.89. The molecule has 0 N–H and O–H groups in total. The molecule has 1 aromatic heterocycles. The molecule has 2 aromatic rings. The van der Waals surface area contributed by atoms with E-state index < -0.39 is 10.0 Å². The summed E-state index contributed by atoms with van der Waals surface area (Å²) in [6.45, 7) is 2.70. The van der Waals surface area contributed by atoms with Crippen LogP contribution in [0.2, 0.25) is 0 Å². The number of hydrogen-bond donors (Lipinski definition) is 0. The molecule has 0 bridgehead atoms. The highest BCUT2D eigenvalue weighted by molar-refractivity contribution is 7.89. The van der Waals surface area contributed by atoms with E-state index in [-0.39, 0.29) is 35.7 Å². The number of amides is 2. The Bertz CT molecular complexity index is 1070. The average molecular weight is 487 g/mol. The van der Waals surface area contributed by atoms with Gasteiger partial charge < -0.3 is 14.5 Å². The molecule has 0 radical (unpaired) electrons. The van der Waals surface area contributed by atoms with Crippen molar-refractivity contribution in [2.75, 3.05) is 45.9 Å². The molecule has 34 heavy (non-hydrogen) atoms. The van der Waals surface area contributed by atoms with E-state index in [2.05, 4.69) is 4.98 Å². The van der Waals surface area contributed by atoms with Crippen LogP contribution in [-0.2, 0) is 19.6 Å². The van der Waals surface area contributed by atoms with Crippen LogP contribution in [0.15, 0.2) is 59.8 Å². The largest absolute Gasteiger partial charge is 0.493 e. The maximum atomic E-state index is 13.0. The lowest BCUT2D eigenvalue weighted by Crippen LogP contribution is -2.53. The van der Waals surface area contributed by atoms with Crippen molar-refractivity contribution < 1.29 is 22.7 Å². The Morgan fingerprint density at radius 2 is 1.62 bits per heavy atom. The lowest BCUT2D eigenvalue weighted by Gasteiger charge is -2.38. The highest BCUT2D eigenvalue weighted by Crippen LogP contribution is 2.23. The van der Waals surface area contributed by atoms with Gasteiger partial charge in [-0.1, -0.05) is 18.2 Å². The maximum Gasteiger partial charge on any atom is 0.244 e. The zero-order valence-corrected chi connectivity index (χ0v) is 19.9. The number of sulfonamides is 1. The van der Waals surface area contributed by atoms with Gasteiger partial charge in [-0.25, -0.2) is 8.42 Å². The van der Waals surface area contributed by atoms with Crippen molar-refractivity contribution in [3.63, 3.8) is 0 Å². The summed E-state index contributed by atoms with van der Waals surface area (Å²) in [6.07, 6.45) is 4.43. The quantitative estimate of drug-likeness (QED) is 0.590. The molecular formula is C24H30N4O5S. The Labute approximate surface area is 200 Å². The van der Waals surface area contributed by atoms with E-state index >= 15 is 0 Å². The number of rotatable bonds is 7. The van der Waals surface area contributed by atoms with E-state index in [1.807, 2.05) is 30.3 Å². The Morgan fingerprint density at radius 1 is 0.912 bits per heavy atom. The van der Waals surface area contributed by atoms with Crippen LogP contribution in [0.5, 0.6) is 5.75 Å². The second kappa shape index (κ2) is 11.0. The van der Waals surface area contributed by atoms with Crippen LogP contribution in [0.3, 0.4) is 0 Å². The van der Waals surface area contributed by atoms with Gasteiger partial charge in [0.05, 0.1) is 13.0 Å². The van der Waals surface area contributed by atoms with Crippen LogP contribution in [-0.4, -0.2) is 85.2 Å². The van der Waals surface area contributed by atoms with E-state index in [9.17, 15) is 18.0 Å². The maximum absolute atomic E-state index is 13.0. The third-order valence-electron chi connectivity index (χ3n) is 6.35. The fourth-order valence-electron chi connectivity index (χ4n) is 4.36. The fraction of sp³-hybridized carbons (Fsp3) is 0.458. The molecule has 0 spiro atoms. The van der Waals surface area contributed by atoms with Gasteiger partial charge in [0.1, 0.15) is 10.6 Å². The van der Waals surface area contributed by atoms with Crippen LogP contribution < -0.4 is 4.74 Å². The molecule has 2 aliphatic rings. The summed E-state index contributed by atoms with van der Waals surface area (Å²) >= 11 is 0. The van der Waals surface area contributed by atoms with Gasteiger partial charge in [0.15, 0.2) is 0 Å². The van der Waals surface area contributed by atoms with Gasteiger partial charge in [-0.05, 0) is 37.1 Å². The molecule has 0 unspecified atom stereocenters. The van der Waals surface area contributed by atoms with Crippen molar-refractivity contribution >= 4 is 21.8 Å². The summed E-state index contributed by atoms with van der Waals surface area (Å²) in [5.41, 5.74) is 0. The lowest BCUT2D eigenvalue weighted by molar-refractivity contribution is -0.141. The Hall–Kier alpha value is -2.98. The monoisotopic (exact) mass is 486 g/mol. The molecule has 3 heterocycles. The topological polar surface area (TPSA) is 100 Å². The first-order valence-corrected chi connectivity index (χ1v) is 13.0. The van der Waals surface area contributed by atoms with Crippen LogP contribution in [0, 0.1) is 5.92 Å². The zero-order valence-electron chi connectivity index (χ0n) is 19.1. The standard InChI is InChI=1S/C24H30N4O5S/c29-23(10-18-33-21-5-2-1-3-6-21)26-12-8-20(9-13-26)24(30)27-14-16-28(17-15-27)34(31,32)22-7-4-11-25-19-22/h1-7,11,19-20H,8-10,12-18H2. The number of nitrogens with zero attached hydrogens (tertiary/aromatic N) is 4. The highest BCUT2D eigenvalue weighted by Gasteiger charge is 2.34. The van der Waals surface area contributed by atoms with E-state index in [1.165, 1.54) is 22.8 Å². The third kappa shape index (κ3) is 5.74. The number of ether oxygens (including phenoxy) is 1. The first-order valence-electron chi connectivity index (χ1n) is 11.6. The van der Waals surface area contributed by atoms with E-state index in [0.717, 1.165) is 5.75 Å². The zero-order chi connectivity index (χ0) is 24.0. The van der Waals surface area contributed by atoms with Gasteiger partial charge in [0, 0.05) is 57.6 Å². The van der Waals surface area contributed by atoms with Gasteiger partial charge in [-0.2, -0.15) is 4.31 Å². The highest BCUT2D eigenvalue weighted by atomic mass is 32.2. The number of para-hydroxylation sites is 1. The van der Waals surface area contributed by atoms with Gasteiger partial charge in [0.25, 0.3) is 0 Å². The number of carbonyl (C=O) groups is 2. The molecule has 0 saturated carbocycles. The molecule has 10 heteroatoms. The molecule has 0 atom stereocenters. The first kappa shape index (κ1) is 24.2. The van der Waals surface area contributed by atoms with E-state index in [1.54, 1.807) is 15.9 Å². The Balaban J connectivity index is 1.20. The molecule has 2 aliphatic heterocycles. The number of aromatic nitrogens is 1. The molecule has 4 rings (SSSR count). The summed E-state index contributed by atoms with van der Waals surface area (Å²) in [5.74, 6) is 0.702. The van der Waals surface area contributed by atoms with Crippen molar-refractivity contribution in [2.24, 2.45) is 5.92 Å². The predicted octanol–water partition coefficient (Wildman–Crippen LogP) is 1.62. The number of benzene rings is 1. The summed E-state index contributed by atoms with van der Waals surface area (Å²) in [4.78, 5) is 33.1. The van der Waals surface area contributed by atoms with E-state index in [4.69, 9.17) is 4.74 Å². The molecular weight excluding hydrogens is 456 g/mol. The number of hydrogen-bond acceptors (Lipinski definition) is 6. The van der Waals surface area contributed by atoms with E-state index in [0.29, 0.717) is 52.0 Å². The van der Waals surface area contributed by atoms with Crippen LogP contribution in [0.25, 0.3) is 0 Å². The number of piperazine rings is 1. The van der Waals surface area contributed by atoms with Gasteiger partial charge in [-0.15, -0.1) is 0 Å². The summed E-state index contributed by atoms with van der Waals surface area (Å²) in [7, 11) is -3.60. The SMILES string of the molecule is O=C(CCOc1ccccc1)N1CCC(C(=O)N2CCN(S(=O)(=O)c3cccnc3)CC2)CC1. The number of likely N-dealkylation sites (tertiary alicyclic amines) is 1. The Kier molecular flexibility index (Phi) is 7.79. The normalized spacial score (nSPS) is 18.0. The molecule has 2 amide bonds. The van der Waals surface area contributed by atoms with Crippen LogP contribution in [0.4, 0.5) is 0 Å². The number of pyridine rings is 1. The second-order valence-electron chi connectivity index (χ2n) is 8.48. The smallest absolute Gasteiger partial charge is 0.244 e. The molecule has 2 fully saturated rings. The Morgan fingerprint density at radius 3 is 2.26 bits per heavy atom. The minimum Gasteiger partial charge on any atom is -0.493 e. The summed E-state index contributed by atoms with van der Waals surface area (Å²) in [5, 5.41) is 0. The molecule has 9 nitrogen and oxygen atoms in total. The minimum atomic E-state index is -3.60. The van der Waals surface area contributed by atoms with Crippen LogP contribution in [0.1, 0.15) is 19.3 Å². The van der Waals surface area contributed by atoms with Gasteiger partial charge >= 0.3 is 0 Å². The summed E-state index contributed by atoms with van der Waals surface area (Å²) < 4.78 is 32.5. The third-order valence-corrected chi connectivity index (χ3v) is 8.23. The van der Waals surface area contributed by atoms with Crippen molar-refractivity contribution in [1.82, 2.24) is 19.1 Å². The molecule has 2 saturated heterocycles. The second-order valence-corrected chi connectivity index (χ2v) is 10.4. The lowest BCUT2D eigenvalue weighted by atomic mass is 9.95. The minimum absolute atomic E-state index is 0.0380. The number of carbonyl (C=O) groups excluding carboxylic acids is 2. The van der Waals surface area contributed by atoms with Crippen molar-refractivity contribution in [3.05, 3.63) is 54.9 Å². The van der Waals surface area contributed by atoms with Crippen molar-refractivity contribution in [2.45, 2.75) is 24.2 Å². The van der Waals surface area contributed by atoms with Crippen molar-refractivity contribution in [3.8, 4) is 5.75 Å².